The van der Waals surface area contributed by atoms with Gasteiger partial charge in [-0.3, -0.25) is 4.79 Å². The van der Waals surface area contributed by atoms with Crippen molar-refractivity contribution < 1.29 is 4.79 Å². The number of nitrogens with zero attached hydrogens (tertiary/aromatic N) is 3. The molecule has 1 saturated heterocycles. The summed E-state index contributed by atoms with van der Waals surface area (Å²) in [5.41, 5.74) is 2.57. The van der Waals surface area contributed by atoms with E-state index in [-0.39, 0.29) is 5.78 Å². The van der Waals surface area contributed by atoms with Gasteiger partial charge in [0.2, 0.25) is 5.95 Å². The summed E-state index contributed by atoms with van der Waals surface area (Å²) in [6, 6.07) is 9.35. The molecule has 1 aromatic carbocycles. The standard InChI is InChI=1S/C17H20N4O/c1-12-11-16(20-17(18-12)21-9-3-4-10-21)19-15-7-5-14(6-8-15)13(2)22/h5-8,11H,3-4,9-10H2,1-2H3,(H,18,19,20). The average Bonchev–Trinajstić information content (AvgIpc) is 3.01. The van der Waals surface area contributed by atoms with Gasteiger partial charge in [0.25, 0.3) is 0 Å². The Morgan fingerprint density at radius 1 is 1.14 bits per heavy atom. The monoisotopic (exact) mass is 296 g/mol. The zero-order valence-corrected chi connectivity index (χ0v) is 13.0. The minimum Gasteiger partial charge on any atom is -0.341 e. The fraction of sp³-hybridized carbons (Fsp3) is 0.353. The summed E-state index contributed by atoms with van der Waals surface area (Å²) in [6.07, 6.45) is 2.40. The normalized spacial score (nSPS) is 14.2. The number of carbonyl (C=O) groups is 1. The highest BCUT2D eigenvalue weighted by molar-refractivity contribution is 5.94. The maximum atomic E-state index is 11.3. The van der Waals surface area contributed by atoms with E-state index in [4.69, 9.17) is 0 Å². The molecular formula is C17H20N4O. The number of aromatic nitrogens is 2. The van der Waals surface area contributed by atoms with E-state index in [0.717, 1.165) is 36.2 Å². The van der Waals surface area contributed by atoms with Crippen LogP contribution in [0.4, 0.5) is 17.5 Å². The maximum Gasteiger partial charge on any atom is 0.227 e. The number of aryl methyl sites for hydroxylation is 1. The van der Waals surface area contributed by atoms with Gasteiger partial charge in [-0.15, -0.1) is 0 Å². The van der Waals surface area contributed by atoms with Gasteiger partial charge in [-0.2, -0.15) is 4.98 Å². The van der Waals surface area contributed by atoms with Crippen LogP contribution in [-0.2, 0) is 0 Å². The maximum absolute atomic E-state index is 11.3. The smallest absolute Gasteiger partial charge is 0.227 e. The van der Waals surface area contributed by atoms with Crippen LogP contribution in [0.2, 0.25) is 0 Å². The first-order chi connectivity index (χ1) is 10.6. The molecule has 0 atom stereocenters. The highest BCUT2D eigenvalue weighted by Crippen LogP contribution is 2.21. The molecule has 0 radical (unpaired) electrons. The Labute approximate surface area is 130 Å². The van der Waals surface area contributed by atoms with E-state index in [1.165, 1.54) is 12.8 Å². The van der Waals surface area contributed by atoms with Crippen molar-refractivity contribution in [3.8, 4) is 0 Å². The number of carbonyl (C=O) groups excluding carboxylic acids is 1. The van der Waals surface area contributed by atoms with Crippen LogP contribution in [0.15, 0.2) is 30.3 Å². The number of Topliss-reactive ketones (excluding diaryl/α,β-unsaturated/α-hetero) is 1. The van der Waals surface area contributed by atoms with Gasteiger partial charge in [-0.25, -0.2) is 4.98 Å². The number of hydrogen-bond donors (Lipinski definition) is 1. The minimum atomic E-state index is 0.0701. The molecular weight excluding hydrogens is 276 g/mol. The van der Waals surface area contributed by atoms with Crippen LogP contribution in [0.3, 0.4) is 0 Å². The molecule has 22 heavy (non-hydrogen) atoms. The third-order valence-electron chi connectivity index (χ3n) is 3.80. The number of ketones is 1. The van der Waals surface area contributed by atoms with E-state index in [2.05, 4.69) is 20.2 Å². The highest BCUT2D eigenvalue weighted by Gasteiger charge is 2.16. The molecule has 1 aliphatic heterocycles. The summed E-state index contributed by atoms with van der Waals surface area (Å²) < 4.78 is 0. The first-order valence-corrected chi connectivity index (χ1v) is 7.60. The molecule has 1 N–H and O–H groups in total. The predicted octanol–water partition coefficient (Wildman–Crippen LogP) is 3.33. The summed E-state index contributed by atoms with van der Waals surface area (Å²) in [5, 5.41) is 3.29. The first-order valence-electron chi connectivity index (χ1n) is 7.60. The second-order valence-electron chi connectivity index (χ2n) is 5.65. The van der Waals surface area contributed by atoms with Crippen LogP contribution >= 0.6 is 0 Å². The quantitative estimate of drug-likeness (QED) is 0.877. The molecule has 0 bridgehead atoms. The van der Waals surface area contributed by atoms with Crippen LogP contribution in [0.5, 0.6) is 0 Å². The summed E-state index contributed by atoms with van der Waals surface area (Å²) >= 11 is 0. The number of nitrogens with one attached hydrogen (secondary N) is 1. The lowest BCUT2D eigenvalue weighted by atomic mass is 10.1. The molecule has 1 aliphatic rings. The van der Waals surface area contributed by atoms with Gasteiger partial charge in [0.05, 0.1) is 0 Å². The van der Waals surface area contributed by atoms with Gasteiger partial charge < -0.3 is 10.2 Å². The Kier molecular flexibility index (Phi) is 4.04. The first kappa shape index (κ1) is 14.5. The molecule has 0 amide bonds. The van der Waals surface area contributed by atoms with Crippen molar-refractivity contribution in [3.05, 3.63) is 41.6 Å². The molecule has 5 nitrogen and oxygen atoms in total. The van der Waals surface area contributed by atoms with Crippen molar-refractivity contribution in [3.63, 3.8) is 0 Å². The molecule has 0 saturated carbocycles. The number of hydrogen-bond acceptors (Lipinski definition) is 5. The zero-order chi connectivity index (χ0) is 15.5. The molecule has 2 aromatic rings. The zero-order valence-electron chi connectivity index (χ0n) is 13.0. The van der Waals surface area contributed by atoms with Crippen LogP contribution in [0.25, 0.3) is 0 Å². The van der Waals surface area contributed by atoms with Gasteiger partial charge in [-0.1, -0.05) is 0 Å². The second-order valence-corrected chi connectivity index (χ2v) is 5.65. The van der Waals surface area contributed by atoms with Crippen LogP contribution in [0.1, 0.15) is 35.8 Å². The molecule has 0 spiro atoms. The van der Waals surface area contributed by atoms with Crippen molar-refractivity contribution in [1.82, 2.24) is 9.97 Å². The Bertz CT molecular complexity index is 676. The van der Waals surface area contributed by atoms with E-state index in [1.54, 1.807) is 6.92 Å². The van der Waals surface area contributed by atoms with E-state index in [0.29, 0.717) is 5.56 Å². The molecule has 1 aromatic heterocycles. The fourth-order valence-corrected chi connectivity index (χ4v) is 2.61. The number of benzene rings is 1. The van der Waals surface area contributed by atoms with Crippen molar-refractivity contribution in [2.45, 2.75) is 26.7 Å². The summed E-state index contributed by atoms with van der Waals surface area (Å²) in [6.45, 7) is 5.59. The Hall–Kier alpha value is -2.43. The lowest BCUT2D eigenvalue weighted by molar-refractivity contribution is 0.101. The van der Waals surface area contributed by atoms with E-state index >= 15 is 0 Å². The van der Waals surface area contributed by atoms with Crippen molar-refractivity contribution in [2.24, 2.45) is 0 Å². The Morgan fingerprint density at radius 2 is 1.82 bits per heavy atom. The average molecular weight is 296 g/mol. The summed E-state index contributed by atoms with van der Waals surface area (Å²) in [5.74, 6) is 1.64. The van der Waals surface area contributed by atoms with E-state index in [9.17, 15) is 4.79 Å². The SMILES string of the molecule is CC(=O)c1ccc(Nc2cc(C)nc(N3CCCC3)n2)cc1. The van der Waals surface area contributed by atoms with Gasteiger partial charge in [-0.05, 0) is 51.0 Å². The third kappa shape index (κ3) is 3.24. The largest absolute Gasteiger partial charge is 0.341 e. The van der Waals surface area contributed by atoms with Gasteiger partial charge in [0.15, 0.2) is 5.78 Å². The lowest BCUT2D eigenvalue weighted by Gasteiger charge is -2.17. The molecule has 2 heterocycles. The van der Waals surface area contributed by atoms with Crippen molar-refractivity contribution in [2.75, 3.05) is 23.3 Å². The van der Waals surface area contributed by atoms with Crippen LogP contribution in [-0.4, -0.2) is 28.8 Å². The summed E-state index contributed by atoms with van der Waals surface area (Å²) in [7, 11) is 0. The second kappa shape index (κ2) is 6.13. The van der Waals surface area contributed by atoms with E-state index < -0.39 is 0 Å². The molecule has 0 aliphatic carbocycles. The highest BCUT2D eigenvalue weighted by atomic mass is 16.1. The molecule has 3 rings (SSSR count). The molecule has 0 unspecified atom stereocenters. The third-order valence-corrected chi connectivity index (χ3v) is 3.80. The predicted molar refractivity (Wildman–Crippen MR) is 87.9 cm³/mol. The van der Waals surface area contributed by atoms with Gasteiger partial charge in [0, 0.05) is 36.1 Å². The van der Waals surface area contributed by atoms with Crippen LogP contribution < -0.4 is 10.2 Å². The topological polar surface area (TPSA) is 58.1 Å². The molecule has 1 fully saturated rings. The summed E-state index contributed by atoms with van der Waals surface area (Å²) in [4.78, 5) is 22.7. The minimum absolute atomic E-state index is 0.0701. The molecule has 114 valence electrons. The Balaban J connectivity index is 1.80. The van der Waals surface area contributed by atoms with E-state index in [1.807, 2.05) is 37.3 Å². The fourth-order valence-electron chi connectivity index (χ4n) is 2.61. The van der Waals surface area contributed by atoms with Gasteiger partial charge in [0.1, 0.15) is 5.82 Å². The van der Waals surface area contributed by atoms with Gasteiger partial charge >= 0.3 is 0 Å². The van der Waals surface area contributed by atoms with Crippen molar-refractivity contribution in [1.29, 1.82) is 0 Å². The lowest BCUT2D eigenvalue weighted by Crippen LogP contribution is -2.21. The van der Waals surface area contributed by atoms with Crippen molar-refractivity contribution >= 4 is 23.2 Å². The Morgan fingerprint density at radius 3 is 2.45 bits per heavy atom. The molecule has 5 heteroatoms. The number of anilines is 3. The number of rotatable bonds is 4. The van der Waals surface area contributed by atoms with Crippen LogP contribution in [0, 0.1) is 6.92 Å².